The van der Waals surface area contributed by atoms with Crippen LogP contribution in [0.5, 0.6) is 0 Å². The van der Waals surface area contributed by atoms with Crippen molar-refractivity contribution in [1.29, 1.82) is 0 Å². The van der Waals surface area contributed by atoms with E-state index < -0.39 is 29.4 Å². The predicted octanol–water partition coefficient (Wildman–Crippen LogP) is 6.79. The largest absolute Gasteiger partial charge is 0.481 e. The van der Waals surface area contributed by atoms with Crippen LogP contribution in [-0.4, -0.2) is 106 Å². The lowest BCUT2D eigenvalue weighted by Crippen LogP contribution is -2.37. The van der Waals surface area contributed by atoms with E-state index in [2.05, 4.69) is 30.4 Å². The third kappa shape index (κ3) is 17.7. The Hall–Kier alpha value is -4.30. The molecule has 0 aliphatic carbocycles. The Balaban J connectivity index is 0.000000291. The quantitative estimate of drug-likeness (QED) is 0.145. The van der Waals surface area contributed by atoms with Crippen LogP contribution in [0.3, 0.4) is 0 Å². The molecular weight excluding hydrogens is 692 g/mol. The minimum Gasteiger partial charge on any atom is -0.481 e. The van der Waals surface area contributed by atoms with E-state index in [4.69, 9.17) is 19.3 Å². The Kier molecular flexibility index (Phi) is 17.6. The first kappa shape index (κ1) is 44.1. The average molecular weight is 755 g/mol. The molecule has 0 unspecified atom stereocenters. The number of anilines is 2. The first-order chi connectivity index (χ1) is 25.5. The number of amides is 2. The predicted molar refractivity (Wildman–Crippen MR) is 207 cm³/mol. The van der Waals surface area contributed by atoms with E-state index in [0.717, 1.165) is 102 Å². The number of esters is 1. The van der Waals surface area contributed by atoms with Crippen molar-refractivity contribution in [3.05, 3.63) is 47.8 Å². The van der Waals surface area contributed by atoms with Crippen LogP contribution in [-0.2, 0) is 36.6 Å². The highest BCUT2D eigenvalue weighted by Gasteiger charge is 2.26. The van der Waals surface area contributed by atoms with E-state index in [1.165, 1.54) is 0 Å². The number of carboxylic acid groups (broad SMARTS) is 1. The van der Waals surface area contributed by atoms with E-state index in [1.807, 2.05) is 72.7 Å². The van der Waals surface area contributed by atoms with Gasteiger partial charge in [0, 0.05) is 12.4 Å². The number of nitrogens with zero attached hydrogens (tertiary/aromatic N) is 4. The molecule has 300 valence electrons. The molecule has 0 saturated carbocycles. The highest BCUT2D eigenvalue weighted by molar-refractivity contribution is 5.84. The van der Waals surface area contributed by atoms with Crippen LogP contribution in [0.25, 0.3) is 0 Å². The van der Waals surface area contributed by atoms with Gasteiger partial charge < -0.3 is 29.1 Å². The van der Waals surface area contributed by atoms with Gasteiger partial charge in [-0.3, -0.25) is 20.2 Å². The number of piperidine rings is 2. The summed E-state index contributed by atoms with van der Waals surface area (Å²) in [5.41, 5.74) is 1.15. The number of carbonyl (C=O) groups is 4. The number of hydrogen-bond acceptors (Lipinski definition) is 11. The molecule has 0 radical (unpaired) electrons. The third-order valence-electron chi connectivity index (χ3n) is 8.93. The number of aromatic nitrogens is 2. The lowest BCUT2D eigenvalue weighted by molar-refractivity contribution is -0.149. The Morgan fingerprint density at radius 3 is 1.50 bits per heavy atom. The number of nitrogens with one attached hydrogen (secondary N) is 2. The smallest absolute Gasteiger partial charge is 0.413 e. The normalized spacial score (nSPS) is 16.1. The first-order valence-electron chi connectivity index (χ1n) is 19.2. The van der Waals surface area contributed by atoms with E-state index in [1.54, 1.807) is 12.4 Å². The van der Waals surface area contributed by atoms with Crippen LogP contribution in [0, 0.1) is 11.8 Å². The van der Waals surface area contributed by atoms with E-state index in [-0.39, 0.29) is 17.8 Å². The maximum atomic E-state index is 11.9. The summed E-state index contributed by atoms with van der Waals surface area (Å²) in [5, 5.41) is 14.4. The maximum Gasteiger partial charge on any atom is 0.413 e. The zero-order chi connectivity index (χ0) is 39.7. The molecule has 2 aliphatic heterocycles. The highest BCUT2D eigenvalue weighted by Crippen LogP contribution is 2.21. The van der Waals surface area contributed by atoms with E-state index in [9.17, 15) is 19.2 Å². The summed E-state index contributed by atoms with van der Waals surface area (Å²) in [6, 6.07) is 7.65. The van der Waals surface area contributed by atoms with Crippen LogP contribution in [0.15, 0.2) is 36.7 Å². The van der Waals surface area contributed by atoms with Crippen molar-refractivity contribution in [2.75, 3.05) is 56.5 Å². The van der Waals surface area contributed by atoms with Crippen LogP contribution < -0.4 is 10.6 Å². The number of likely N-dealkylation sites (tertiary alicyclic amines) is 2. The van der Waals surface area contributed by atoms with Crippen LogP contribution >= 0.6 is 0 Å². The monoisotopic (exact) mass is 754 g/mol. The van der Waals surface area contributed by atoms with E-state index >= 15 is 0 Å². The number of rotatable bonds is 13. The fourth-order valence-electron chi connectivity index (χ4n) is 6.28. The average Bonchev–Trinajstić information content (AvgIpc) is 3.08. The van der Waals surface area contributed by atoms with Gasteiger partial charge in [0.15, 0.2) is 0 Å². The molecule has 0 aromatic carbocycles. The van der Waals surface area contributed by atoms with Crippen molar-refractivity contribution in [2.24, 2.45) is 11.8 Å². The molecule has 0 atom stereocenters. The molecule has 4 rings (SSSR count). The molecule has 14 nitrogen and oxygen atoms in total. The molecular formula is C40H62N6O8. The molecule has 2 fully saturated rings. The van der Waals surface area contributed by atoms with Crippen molar-refractivity contribution >= 4 is 35.8 Å². The minimum absolute atomic E-state index is 0.0519. The lowest BCUT2D eigenvalue weighted by atomic mass is 9.97. The molecule has 14 heteroatoms. The zero-order valence-electron chi connectivity index (χ0n) is 33.3. The highest BCUT2D eigenvalue weighted by atomic mass is 16.6. The second-order valence-corrected chi connectivity index (χ2v) is 15.9. The Labute approximate surface area is 320 Å². The van der Waals surface area contributed by atoms with Crippen molar-refractivity contribution in [1.82, 2.24) is 19.8 Å². The van der Waals surface area contributed by atoms with Crippen LogP contribution in [0.2, 0.25) is 0 Å². The molecule has 2 aromatic heterocycles. The van der Waals surface area contributed by atoms with Gasteiger partial charge in [-0.15, -0.1) is 0 Å². The molecule has 2 aromatic rings. The molecule has 2 saturated heterocycles. The van der Waals surface area contributed by atoms with Crippen LogP contribution in [0.4, 0.5) is 21.2 Å². The lowest BCUT2D eigenvalue weighted by Gasteiger charge is -2.30. The second-order valence-electron chi connectivity index (χ2n) is 15.9. The van der Waals surface area contributed by atoms with Gasteiger partial charge in [-0.2, -0.15) is 0 Å². The molecule has 3 N–H and O–H groups in total. The number of hydrogen-bond donors (Lipinski definition) is 3. The van der Waals surface area contributed by atoms with Gasteiger partial charge >= 0.3 is 24.1 Å². The van der Waals surface area contributed by atoms with Crippen molar-refractivity contribution in [3.8, 4) is 0 Å². The van der Waals surface area contributed by atoms with Gasteiger partial charge in [0.2, 0.25) is 0 Å². The summed E-state index contributed by atoms with van der Waals surface area (Å²) < 4.78 is 15.6. The number of pyridine rings is 2. The number of aliphatic carboxylic acids is 1. The Bertz CT molecular complexity index is 1490. The van der Waals surface area contributed by atoms with Crippen molar-refractivity contribution in [2.45, 2.75) is 111 Å². The standard InChI is InChI=1S/C21H33N3O4.C19H29N3O4/c1-5-27-19(25)17-9-13-24(14-10-17)12-6-7-16-8-11-22-18(15-16)23-20(26)28-21(2,3)4;1-19(2,3)26-18(25)21-16-13-14(6-9-20-16)5-4-10-22-11-7-15(8-12-22)17(23)24/h8,11,15,17H,5-7,9-10,12-14H2,1-4H3,(H,22,23,26);6,9,13,15H,4-5,7-8,10-12H2,1-3H3,(H,23,24)(H,20,21,25). The SMILES string of the molecule is CC(C)(C)OC(=O)Nc1cc(CCCN2CCC(C(=O)O)CC2)ccn1.CCOC(=O)C1CCN(CCCc2ccnc(NC(=O)OC(C)(C)C)c2)CC1. The Morgan fingerprint density at radius 2 is 1.13 bits per heavy atom. The van der Waals surface area contributed by atoms with Crippen molar-refractivity contribution < 1.29 is 38.5 Å². The topological polar surface area (TPSA) is 173 Å². The summed E-state index contributed by atoms with van der Waals surface area (Å²) in [6.07, 6.45) is 9.36. The van der Waals surface area contributed by atoms with Gasteiger partial charge in [-0.05, 0) is 174 Å². The summed E-state index contributed by atoms with van der Waals surface area (Å²) in [7, 11) is 0. The molecule has 0 spiro atoms. The maximum absolute atomic E-state index is 11.9. The number of carbonyl (C=O) groups excluding carboxylic acids is 3. The van der Waals surface area contributed by atoms with Gasteiger partial charge in [-0.25, -0.2) is 19.6 Å². The molecule has 2 aliphatic rings. The second kappa shape index (κ2) is 21.6. The van der Waals surface area contributed by atoms with Gasteiger partial charge in [-0.1, -0.05) is 0 Å². The van der Waals surface area contributed by atoms with Gasteiger partial charge in [0.05, 0.1) is 18.4 Å². The fourth-order valence-corrected chi connectivity index (χ4v) is 6.28. The molecule has 54 heavy (non-hydrogen) atoms. The molecule has 4 heterocycles. The number of carboxylic acids is 1. The summed E-state index contributed by atoms with van der Waals surface area (Å²) >= 11 is 0. The number of aryl methyl sites for hydroxylation is 2. The third-order valence-corrected chi connectivity index (χ3v) is 8.93. The first-order valence-corrected chi connectivity index (χ1v) is 19.2. The van der Waals surface area contributed by atoms with E-state index in [0.29, 0.717) is 18.2 Å². The minimum atomic E-state index is -0.675. The summed E-state index contributed by atoms with van der Waals surface area (Å²) in [6.45, 7) is 18.7. The Morgan fingerprint density at radius 1 is 0.722 bits per heavy atom. The fraction of sp³-hybridized carbons (Fsp3) is 0.650. The molecule has 2 amide bonds. The summed E-state index contributed by atoms with van der Waals surface area (Å²) in [5.74, 6) is 0.127. The van der Waals surface area contributed by atoms with Gasteiger partial charge in [0.25, 0.3) is 0 Å². The van der Waals surface area contributed by atoms with Gasteiger partial charge in [0.1, 0.15) is 22.8 Å². The molecule has 0 bridgehead atoms. The van der Waals surface area contributed by atoms with Crippen molar-refractivity contribution in [3.63, 3.8) is 0 Å². The van der Waals surface area contributed by atoms with Crippen LogP contribution in [0.1, 0.15) is 98.1 Å². The number of ether oxygens (including phenoxy) is 3. The summed E-state index contributed by atoms with van der Waals surface area (Å²) in [4.78, 5) is 59.5. The zero-order valence-corrected chi connectivity index (χ0v) is 33.3.